The zero-order valence-electron chi connectivity index (χ0n) is 11.1. The fourth-order valence-electron chi connectivity index (χ4n) is 1.64. The molecule has 110 valence electrons. The van der Waals surface area contributed by atoms with Crippen molar-refractivity contribution in [3.63, 3.8) is 0 Å². The quantitative estimate of drug-likeness (QED) is 0.640. The van der Waals surface area contributed by atoms with E-state index in [9.17, 15) is 9.18 Å². The molecule has 2 aromatic carbocycles. The molecule has 0 aliphatic rings. The minimum Gasteiger partial charge on any atom is -0.397 e. The van der Waals surface area contributed by atoms with Crippen LogP contribution in [0.1, 0.15) is 6.42 Å². The van der Waals surface area contributed by atoms with Gasteiger partial charge in [0, 0.05) is 22.8 Å². The van der Waals surface area contributed by atoms with Crippen LogP contribution in [0.15, 0.2) is 47.4 Å². The van der Waals surface area contributed by atoms with E-state index in [1.807, 2.05) is 0 Å². The van der Waals surface area contributed by atoms with E-state index in [4.69, 9.17) is 17.3 Å². The van der Waals surface area contributed by atoms with Crippen molar-refractivity contribution in [2.75, 3.05) is 16.8 Å². The first-order valence-electron chi connectivity index (χ1n) is 6.28. The second kappa shape index (κ2) is 7.33. The predicted octanol–water partition coefficient (Wildman–Crippen LogP) is 4.18. The Bertz CT molecular complexity index is 634. The molecule has 3 N–H and O–H groups in total. The molecular weight excluding hydrogens is 311 g/mol. The van der Waals surface area contributed by atoms with Crippen molar-refractivity contribution in [3.05, 3.63) is 53.3 Å². The van der Waals surface area contributed by atoms with E-state index < -0.39 is 0 Å². The van der Waals surface area contributed by atoms with Crippen molar-refractivity contribution in [1.82, 2.24) is 0 Å². The number of benzene rings is 2. The zero-order chi connectivity index (χ0) is 15.2. The van der Waals surface area contributed by atoms with E-state index in [0.29, 0.717) is 28.6 Å². The number of rotatable bonds is 5. The van der Waals surface area contributed by atoms with E-state index in [1.54, 1.807) is 30.3 Å². The van der Waals surface area contributed by atoms with Crippen molar-refractivity contribution in [1.29, 1.82) is 0 Å². The zero-order valence-corrected chi connectivity index (χ0v) is 12.7. The Kier molecular flexibility index (Phi) is 5.47. The number of hydrogen-bond donors (Lipinski definition) is 2. The molecule has 6 heteroatoms. The van der Waals surface area contributed by atoms with Gasteiger partial charge in [-0.15, -0.1) is 11.8 Å². The molecule has 2 rings (SSSR count). The summed E-state index contributed by atoms with van der Waals surface area (Å²) in [5.74, 6) is 0.240. The third kappa shape index (κ3) is 4.95. The molecule has 0 unspecified atom stereocenters. The normalized spacial score (nSPS) is 10.4. The van der Waals surface area contributed by atoms with Gasteiger partial charge in [0.2, 0.25) is 5.91 Å². The Labute approximate surface area is 131 Å². The van der Waals surface area contributed by atoms with Gasteiger partial charge < -0.3 is 11.1 Å². The van der Waals surface area contributed by atoms with Gasteiger partial charge in [0.1, 0.15) is 5.82 Å². The molecular formula is C15H14ClFN2OS. The van der Waals surface area contributed by atoms with Crippen LogP contribution in [0.5, 0.6) is 0 Å². The molecule has 0 saturated carbocycles. The van der Waals surface area contributed by atoms with Crippen LogP contribution in [0.4, 0.5) is 15.8 Å². The number of halogens is 2. The van der Waals surface area contributed by atoms with E-state index in [0.717, 1.165) is 4.90 Å². The topological polar surface area (TPSA) is 55.1 Å². The highest BCUT2D eigenvalue weighted by Crippen LogP contribution is 2.23. The molecule has 1 amide bonds. The van der Waals surface area contributed by atoms with Crippen LogP contribution in [0, 0.1) is 5.82 Å². The molecule has 0 saturated heterocycles. The fourth-order valence-corrected chi connectivity index (χ4v) is 2.61. The summed E-state index contributed by atoms with van der Waals surface area (Å²) in [7, 11) is 0. The number of nitrogen functional groups attached to an aromatic ring is 1. The van der Waals surface area contributed by atoms with Crippen LogP contribution in [0.2, 0.25) is 5.02 Å². The largest absolute Gasteiger partial charge is 0.397 e. The summed E-state index contributed by atoms with van der Waals surface area (Å²) in [6.07, 6.45) is 0.352. The molecule has 0 aliphatic carbocycles. The lowest BCUT2D eigenvalue weighted by Crippen LogP contribution is -2.12. The fraction of sp³-hybridized carbons (Fsp3) is 0.133. The Hall–Kier alpha value is -1.72. The molecule has 3 nitrogen and oxygen atoms in total. The summed E-state index contributed by atoms with van der Waals surface area (Å²) >= 11 is 7.31. The number of nitrogens with two attached hydrogens (primary N) is 1. The van der Waals surface area contributed by atoms with Gasteiger partial charge >= 0.3 is 0 Å². The smallest absolute Gasteiger partial charge is 0.225 e. The molecule has 0 bridgehead atoms. The van der Waals surface area contributed by atoms with E-state index in [2.05, 4.69) is 5.32 Å². The molecule has 0 aromatic heterocycles. The van der Waals surface area contributed by atoms with Gasteiger partial charge in [0.15, 0.2) is 0 Å². The van der Waals surface area contributed by atoms with Gasteiger partial charge in [0.05, 0.1) is 10.7 Å². The number of hydrogen-bond acceptors (Lipinski definition) is 3. The maximum Gasteiger partial charge on any atom is 0.225 e. The summed E-state index contributed by atoms with van der Waals surface area (Å²) in [5.41, 5.74) is 6.71. The Morgan fingerprint density at radius 2 is 1.95 bits per heavy atom. The lowest BCUT2D eigenvalue weighted by molar-refractivity contribution is -0.115. The lowest BCUT2D eigenvalue weighted by atomic mass is 10.2. The maximum atomic E-state index is 12.7. The van der Waals surface area contributed by atoms with E-state index >= 15 is 0 Å². The third-order valence-electron chi connectivity index (χ3n) is 2.69. The van der Waals surface area contributed by atoms with Gasteiger partial charge in [0.25, 0.3) is 0 Å². The molecule has 0 aliphatic heterocycles. The van der Waals surface area contributed by atoms with Crippen LogP contribution < -0.4 is 11.1 Å². The van der Waals surface area contributed by atoms with Crippen LogP contribution in [0.25, 0.3) is 0 Å². The molecule has 0 atom stereocenters. The van der Waals surface area contributed by atoms with Gasteiger partial charge in [-0.05, 0) is 42.5 Å². The third-order valence-corrected chi connectivity index (χ3v) is 4.05. The monoisotopic (exact) mass is 324 g/mol. The number of carbonyl (C=O) groups is 1. The highest BCUT2D eigenvalue weighted by atomic mass is 35.5. The first-order valence-corrected chi connectivity index (χ1v) is 7.64. The Balaban J connectivity index is 1.79. The van der Waals surface area contributed by atoms with Crippen LogP contribution in [-0.2, 0) is 4.79 Å². The summed E-state index contributed by atoms with van der Waals surface area (Å²) in [6.45, 7) is 0. The molecule has 0 heterocycles. The molecule has 0 radical (unpaired) electrons. The first-order chi connectivity index (χ1) is 10.0. The van der Waals surface area contributed by atoms with Crippen LogP contribution >= 0.6 is 23.4 Å². The van der Waals surface area contributed by atoms with Crippen molar-refractivity contribution < 1.29 is 9.18 Å². The van der Waals surface area contributed by atoms with Crippen molar-refractivity contribution in [2.24, 2.45) is 0 Å². The van der Waals surface area contributed by atoms with E-state index in [1.165, 1.54) is 23.9 Å². The average molecular weight is 325 g/mol. The van der Waals surface area contributed by atoms with Crippen LogP contribution in [0.3, 0.4) is 0 Å². The maximum absolute atomic E-state index is 12.7. The summed E-state index contributed by atoms with van der Waals surface area (Å²) in [6, 6.07) is 11.1. The molecule has 0 spiro atoms. The highest BCUT2D eigenvalue weighted by Gasteiger charge is 2.05. The van der Waals surface area contributed by atoms with Crippen molar-refractivity contribution in [3.8, 4) is 0 Å². The van der Waals surface area contributed by atoms with Crippen molar-refractivity contribution >= 4 is 40.6 Å². The number of nitrogens with one attached hydrogen (secondary N) is 1. The second-order valence-corrected chi connectivity index (χ2v) is 5.91. The van der Waals surface area contributed by atoms with Crippen LogP contribution in [-0.4, -0.2) is 11.7 Å². The van der Waals surface area contributed by atoms with Gasteiger partial charge in [-0.3, -0.25) is 4.79 Å². The highest BCUT2D eigenvalue weighted by molar-refractivity contribution is 7.99. The first kappa shape index (κ1) is 15.7. The van der Waals surface area contributed by atoms with Gasteiger partial charge in [-0.1, -0.05) is 11.6 Å². The Morgan fingerprint density at radius 3 is 2.62 bits per heavy atom. The second-order valence-electron chi connectivity index (χ2n) is 4.34. The molecule has 2 aromatic rings. The molecule has 21 heavy (non-hydrogen) atoms. The summed E-state index contributed by atoms with van der Waals surface area (Å²) in [4.78, 5) is 12.7. The summed E-state index contributed by atoms with van der Waals surface area (Å²) < 4.78 is 12.7. The number of thioether (sulfide) groups is 1. The standard InChI is InChI=1S/C15H14ClFN2OS/c16-13-6-3-11(9-14(13)18)19-15(20)7-8-21-12-4-1-10(17)2-5-12/h1-6,9H,7-8,18H2,(H,19,20). The number of anilines is 2. The van der Waals surface area contributed by atoms with Gasteiger partial charge in [-0.25, -0.2) is 4.39 Å². The minimum absolute atomic E-state index is 0.105. The Morgan fingerprint density at radius 1 is 1.24 bits per heavy atom. The molecule has 0 fully saturated rings. The van der Waals surface area contributed by atoms with E-state index in [-0.39, 0.29) is 11.7 Å². The number of carbonyl (C=O) groups excluding carboxylic acids is 1. The average Bonchev–Trinajstić information content (AvgIpc) is 2.45. The van der Waals surface area contributed by atoms with Crippen molar-refractivity contribution in [2.45, 2.75) is 11.3 Å². The summed E-state index contributed by atoms with van der Waals surface area (Å²) in [5, 5.41) is 3.21. The van der Waals surface area contributed by atoms with Gasteiger partial charge in [-0.2, -0.15) is 0 Å². The minimum atomic E-state index is -0.266. The lowest BCUT2D eigenvalue weighted by Gasteiger charge is -2.07. The predicted molar refractivity (Wildman–Crippen MR) is 86.2 cm³/mol. The SMILES string of the molecule is Nc1cc(NC(=O)CCSc2ccc(F)cc2)ccc1Cl. The number of amides is 1.